The number of benzene rings is 2. The summed E-state index contributed by atoms with van der Waals surface area (Å²) in [5.41, 5.74) is 0.443. The van der Waals surface area contributed by atoms with Crippen LogP contribution >= 0.6 is 11.8 Å². The lowest BCUT2D eigenvalue weighted by molar-refractivity contribution is -0.154. The van der Waals surface area contributed by atoms with E-state index in [-0.39, 0.29) is 13.2 Å². The summed E-state index contributed by atoms with van der Waals surface area (Å²) in [5, 5.41) is 2.48. The molecule has 226 valence electrons. The Bertz CT molecular complexity index is 1250. The van der Waals surface area contributed by atoms with Gasteiger partial charge in [-0.25, -0.2) is 4.79 Å². The number of thioether (sulfide) groups is 1. The zero-order chi connectivity index (χ0) is 30.7. The number of esters is 1. The van der Waals surface area contributed by atoms with Gasteiger partial charge in [0.05, 0.1) is 25.2 Å². The number of rotatable bonds is 13. The van der Waals surface area contributed by atoms with Crippen LogP contribution in [0.1, 0.15) is 52.7 Å². The van der Waals surface area contributed by atoms with E-state index < -0.39 is 44.5 Å². The molecule has 0 bridgehead atoms. The summed E-state index contributed by atoms with van der Waals surface area (Å²) in [5.74, 6) is 0.431. The lowest BCUT2D eigenvalue weighted by atomic mass is 9.99. The third-order valence-electron chi connectivity index (χ3n) is 5.16. The predicted octanol–water partition coefficient (Wildman–Crippen LogP) is 5.84. The van der Waals surface area contributed by atoms with Gasteiger partial charge >= 0.3 is 12.1 Å². The van der Waals surface area contributed by atoms with Gasteiger partial charge in [-0.15, -0.1) is 11.8 Å². The van der Waals surface area contributed by atoms with Crippen LogP contribution in [0, 0.1) is 5.41 Å². The van der Waals surface area contributed by atoms with Crippen molar-refractivity contribution >= 4 is 33.9 Å². The molecule has 2 rings (SSSR count). The number of carbonyl (C=O) groups is 2. The summed E-state index contributed by atoms with van der Waals surface area (Å²) in [4.78, 5) is 26.2. The van der Waals surface area contributed by atoms with Crippen LogP contribution in [0.5, 0.6) is 5.75 Å². The van der Waals surface area contributed by atoms with Crippen molar-refractivity contribution in [1.29, 1.82) is 0 Å². The van der Waals surface area contributed by atoms with Gasteiger partial charge in [-0.3, -0.25) is 8.98 Å². The topological polar surface area (TPSA) is 117 Å². The molecule has 0 unspecified atom stereocenters. The van der Waals surface area contributed by atoms with Gasteiger partial charge in [0.1, 0.15) is 23.2 Å². The Kier molecular flexibility index (Phi) is 12.7. The molecule has 0 saturated heterocycles. The molecule has 1 N–H and O–H groups in total. The molecule has 0 aliphatic heterocycles. The van der Waals surface area contributed by atoms with E-state index in [1.165, 1.54) is 17.8 Å². The number of hydrogen-bond donors (Lipinski definition) is 1. The molecule has 9 nitrogen and oxygen atoms in total. The summed E-state index contributed by atoms with van der Waals surface area (Å²) in [6.07, 6.45) is 0.396. The molecule has 2 aromatic carbocycles. The minimum absolute atomic E-state index is 0.00774. The fourth-order valence-electron chi connectivity index (χ4n) is 3.19. The van der Waals surface area contributed by atoms with Gasteiger partial charge in [0.2, 0.25) is 0 Å². The minimum atomic E-state index is -4.12. The van der Waals surface area contributed by atoms with Crippen molar-refractivity contribution < 1.29 is 36.4 Å². The Hall–Kier alpha value is -3.02. The van der Waals surface area contributed by atoms with E-state index in [0.29, 0.717) is 11.5 Å². The summed E-state index contributed by atoms with van der Waals surface area (Å²) in [6.45, 7) is 10.7. The smallest absolute Gasteiger partial charge is 0.407 e. The summed E-state index contributed by atoms with van der Waals surface area (Å²) >= 11 is 1.20. The van der Waals surface area contributed by atoms with Crippen LogP contribution in [0.4, 0.5) is 4.79 Å². The lowest BCUT2D eigenvalue weighted by Crippen LogP contribution is -2.46. The third kappa shape index (κ3) is 13.9. The molecule has 0 aliphatic carbocycles. The largest absolute Gasteiger partial charge is 0.497 e. The first kappa shape index (κ1) is 34.2. The molecule has 0 fully saturated rings. The monoisotopic (exact) mass is 607 g/mol. The van der Waals surface area contributed by atoms with Crippen molar-refractivity contribution in [3.8, 4) is 5.75 Å². The van der Waals surface area contributed by atoms with Gasteiger partial charge in [0, 0.05) is 5.75 Å². The number of carbonyl (C=O) groups excluding carboxylic acids is 2. The van der Waals surface area contributed by atoms with Crippen LogP contribution in [-0.4, -0.2) is 51.1 Å². The number of nitrogens with one attached hydrogen (secondary N) is 1. The van der Waals surface area contributed by atoms with Crippen LogP contribution in [0.3, 0.4) is 0 Å². The van der Waals surface area contributed by atoms with Crippen molar-refractivity contribution in [2.45, 2.75) is 70.8 Å². The Morgan fingerprint density at radius 1 is 0.951 bits per heavy atom. The molecular formula is C30H41NO8S2. The number of amides is 1. The first-order chi connectivity index (χ1) is 19.1. The first-order valence-corrected chi connectivity index (χ1v) is 15.6. The van der Waals surface area contributed by atoms with Crippen molar-refractivity contribution in [2.24, 2.45) is 5.41 Å². The quantitative estimate of drug-likeness (QED) is 0.221. The van der Waals surface area contributed by atoms with Crippen molar-refractivity contribution in [1.82, 2.24) is 5.32 Å². The Morgan fingerprint density at radius 3 is 2.15 bits per heavy atom. The highest BCUT2D eigenvalue weighted by atomic mass is 32.2. The van der Waals surface area contributed by atoms with Gasteiger partial charge in [-0.1, -0.05) is 63.2 Å². The van der Waals surface area contributed by atoms with Crippen LogP contribution in [0.15, 0.2) is 66.1 Å². The van der Waals surface area contributed by atoms with E-state index in [1.807, 2.05) is 51.1 Å². The van der Waals surface area contributed by atoms with Crippen LogP contribution < -0.4 is 10.1 Å². The van der Waals surface area contributed by atoms with E-state index in [9.17, 15) is 18.0 Å². The van der Waals surface area contributed by atoms with E-state index in [1.54, 1.807) is 52.1 Å². The second-order valence-electron chi connectivity index (χ2n) is 11.5. The molecule has 1 amide bonds. The minimum Gasteiger partial charge on any atom is -0.497 e. The fourth-order valence-corrected chi connectivity index (χ4v) is 5.26. The molecule has 0 heterocycles. The number of methoxy groups -OCH3 is 1. The SMILES string of the molecule is COc1ccc(CS[C@@H](C(=O)OC(C)(C)C)[C@@H](/C=C/S(=O)(=O)OCC(C)(C)C)NC(=O)OCc2ccccc2)cc1. The van der Waals surface area contributed by atoms with Crippen LogP contribution in [0.2, 0.25) is 0 Å². The normalized spacial score (nSPS) is 13.8. The number of alkyl carbamates (subject to hydrolysis) is 1. The van der Waals surface area contributed by atoms with Crippen LogP contribution in [-0.2, 0) is 40.9 Å². The zero-order valence-electron chi connectivity index (χ0n) is 24.7. The van der Waals surface area contributed by atoms with Crippen molar-refractivity contribution in [3.05, 3.63) is 77.2 Å². The van der Waals surface area contributed by atoms with Gasteiger partial charge in [0.15, 0.2) is 0 Å². The van der Waals surface area contributed by atoms with Crippen molar-refractivity contribution in [2.75, 3.05) is 13.7 Å². The van der Waals surface area contributed by atoms with Gasteiger partial charge < -0.3 is 19.5 Å². The van der Waals surface area contributed by atoms with Gasteiger partial charge in [0.25, 0.3) is 10.1 Å². The Morgan fingerprint density at radius 2 is 1.59 bits per heavy atom. The Balaban J connectivity index is 2.35. The average Bonchev–Trinajstić information content (AvgIpc) is 2.89. The van der Waals surface area contributed by atoms with E-state index in [2.05, 4.69) is 5.32 Å². The molecule has 2 aromatic rings. The molecular weight excluding hydrogens is 566 g/mol. The predicted molar refractivity (Wildman–Crippen MR) is 161 cm³/mol. The summed E-state index contributed by atoms with van der Waals surface area (Å²) in [6, 6.07) is 15.3. The lowest BCUT2D eigenvalue weighted by Gasteiger charge is -2.28. The molecule has 2 atom stereocenters. The first-order valence-electron chi connectivity index (χ1n) is 13.1. The van der Waals surface area contributed by atoms with Gasteiger partial charge in [-0.05, 0) is 55.5 Å². The number of ether oxygens (including phenoxy) is 3. The maximum atomic E-state index is 13.4. The molecule has 41 heavy (non-hydrogen) atoms. The molecule has 0 aliphatic rings. The van der Waals surface area contributed by atoms with E-state index >= 15 is 0 Å². The molecule has 0 aromatic heterocycles. The second kappa shape index (κ2) is 15.3. The summed E-state index contributed by atoms with van der Waals surface area (Å²) in [7, 11) is -2.55. The second-order valence-corrected chi connectivity index (χ2v) is 14.1. The van der Waals surface area contributed by atoms with Crippen molar-refractivity contribution in [3.63, 3.8) is 0 Å². The maximum Gasteiger partial charge on any atom is 0.407 e. The maximum absolute atomic E-state index is 13.4. The van der Waals surface area contributed by atoms with E-state index in [4.69, 9.17) is 18.4 Å². The van der Waals surface area contributed by atoms with Crippen LogP contribution in [0.25, 0.3) is 0 Å². The van der Waals surface area contributed by atoms with Gasteiger partial charge in [-0.2, -0.15) is 8.42 Å². The number of hydrogen-bond acceptors (Lipinski definition) is 9. The van der Waals surface area contributed by atoms with E-state index in [0.717, 1.165) is 16.5 Å². The average molecular weight is 608 g/mol. The standard InChI is InChI=1S/C30H41NO8S2/c1-29(2,3)21-38-41(34,35)18-17-25(31-28(33)37-19-22-11-9-8-10-12-22)26(27(32)39-30(4,5)6)40-20-23-13-15-24(36-7)16-14-23/h8-18,25-26H,19-21H2,1-7H3,(H,31,33)/b18-17+/t25-,26-/m1/s1. The molecule has 0 saturated carbocycles. The third-order valence-corrected chi connectivity index (χ3v) is 7.44. The Labute approximate surface area is 248 Å². The highest BCUT2D eigenvalue weighted by Gasteiger charge is 2.33. The summed E-state index contributed by atoms with van der Waals surface area (Å²) < 4.78 is 46.7. The highest BCUT2D eigenvalue weighted by Crippen LogP contribution is 2.26. The zero-order valence-corrected chi connectivity index (χ0v) is 26.3. The molecule has 0 spiro atoms. The highest BCUT2D eigenvalue weighted by molar-refractivity contribution is 7.99. The molecule has 11 heteroatoms. The fraction of sp³-hybridized carbons (Fsp3) is 0.467. The molecule has 0 radical (unpaired) electrons.